The van der Waals surface area contributed by atoms with Crippen molar-refractivity contribution in [1.29, 1.82) is 0 Å². The maximum absolute atomic E-state index is 13.5. The fraction of sp³-hybridized carbons (Fsp3) is 0.353. The minimum Gasteiger partial charge on any atom is -0.511 e. The van der Waals surface area contributed by atoms with Crippen LogP contribution in [0, 0.1) is 11.7 Å². The first-order valence-corrected chi connectivity index (χ1v) is 16.0. The number of hydrogen-bond acceptors (Lipinski definition) is 7. The van der Waals surface area contributed by atoms with Gasteiger partial charge in [0.25, 0.3) is 0 Å². The van der Waals surface area contributed by atoms with Gasteiger partial charge in [-0.15, -0.1) is 0 Å². The Morgan fingerprint density at radius 3 is 2.38 bits per heavy atom. The number of carbonyl (C=O) groups excluding carboxylic acids is 1. The number of nitrogen functional groups attached to an aromatic ring is 1. The molecule has 3 N–H and O–H groups in total. The third-order valence-electron chi connectivity index (χ3n) is 8.17. The molecular formula is C34H37FN2O3S2. The summed E-state index contributed by atoms with van der Waals surface area (Å²) in [5.74, 6) is -0.441. The van der Waals surface area contributed by atoms with E-state index in [4.69, 9.17) is 10.5 Å². The third-order valence-corrected chi connectivity index (χ3v) is 10.2. The molecule has 220 valence electrons. The number of cyclic esters (lactones) is 1. The van der Waals surface area contributed by atoms with E-state index < -0.39 is 11.6 Å². The number of esters is 1. The Morgan fingerprint density at radius 2 is 1.74 bits per heavy atom. The second kappa shape index (κ2) is 12.5. The number of nitrogens with two attached hydrogens (primary N) is 1. The molecule has 42 heavy (non-hydrogen) atoms. The molecule has 1 aliphatic heterocycles. The zero-order chi connectivity index (χ0) is 30.0. The van der Waals surface area contributed by atoms with Gasteiger partial charge in [-0.1, -0.05) is 87.2 Å². The minimum atomic E-state index is -0.813. The molecule has 2 heterocycles. The average molecular weight is 605 g/mol. The fourth-order valence-corrected chi connectivity index (χ4v) is 7.51. The quantitative estimate of drug-likeness (QED) is 0.176. The number of benzene rings is 3. The Labute approximate surface area is 255 Å². The average Bonchev–Trinajstić information content (AvgIpc) is 3.32. The molecule has 1 unspecified atom stereocenters. The number of aliphatic hydroxyl groups excluding tert-OH is 1. The van der Waals surface area contributed by atoms with Gasteiger partial charge >= 0.3 is 5.97 Å². The number of nitrogens with zero attached hydrogens (tertiary/aromatic N) is 1. The van der Waals surface area contributed by atoms with E-state index in [0.29, 0.717) is 18.0 Å². The molecule has 8 heteroatoms. The second-order valence-corrected chi connectivity index (χ2v) is 13.7. The molecule has 1 aromatic heterocycles. The lowest BCUT2D eigenvalue weighted by Crippen LogP contribution is -2.44. The first-order valence-electron chi connectivity index (χ1n) is 14.4. The number of thioether (sulfide) groups is 1. The van der Waals surface area contributed by atoms with Crippen molar-refractivity contribution in [1.82, 2.24) is 4.98 Å². The van der Waals surface area contributed by atoms with E-state index in [1.54, 1.807) is 0 Å². The number of fused-ring (bicyclic) bond motifs is 1. The molecule has 0 bridgehead atoms. The number of aromatic nitrogens is 1. The van der Waals surface area contributed by atoms with E-state index in [9.17, 15) is 14.3 Å². The highest BCUT2D eigenvalue weighted by Gasteiger charge is 2.44. The maximum Gasteiger partial charge on any atom is 0.349 e. The number of aryl methyl sites for hydroxylation is 3. The number of carbonyl (C=O) groups is 1. The Balaban J connectivity index is 1.35. The van der Waals surface area contributed by atoms with E-state index >= 15 is 0 Å². The van der Waals surface area contributed by atoms with Gasteiger partial charge in [-0.05, 0) is 84.0 Å². The number of thiazole rings is 1. The lowest BCUT2D eigenvalue weighted by molar-refractivity contribution is -0.164. The Morgan fingerprint density at radius 1 is 1.05 bits per heavy atom. The van der Waals surface area contributed by atoms with Crippen molar-refractivity contribution in [3.8, 4) is 0 Å². The van der Waals surface area contributed by atoms with Crippen molar-refractivity contribution < 1.29 is 19.0 Å². The number of hydrogen-bond donors (Lipinski definition) is 2. The van der Waals surface area contributed by atoms with Gasteiger partial charge in [0.15, 0.2) is 5.13 Å². The van der Waals surface area contributed by atoms with Crippen LogP contribution in [0.5, 0.6) is 0 Å². The Hall–Kier alpha value is -3.36. The molecule has 1 atom stereocenters. The predicted octanol–water partition coefficient (Wildman–Crippen LogP) is 8.76. The first kappa shape index (κ1) is 30.1. The standard InChI is InChI=1S/C34H37FN2O3S2/c1-20(2)26-17-27-30(42-33(36)37-27)18-29(26)41-31-28(38)19-34(21(3)4,40-32(31)39)16-15-24-8-6-5-7-23(24)12-9-22-10-13-25(35)14-11-22/h5-8,10-11,13-14,17-18,20-21,38H,9,12,15-16,19H2,1-4H3,(H2,36,37). The van der Waals surface area contributed by atoms with Crippen molar-refractivity contribution in [2.45, 2.75) is 76.2 Å². The molecule has 0 saturated carbocycles. The van der Waals surface area contributed by atoms with Crippen LogP contribution < -0.4 is 5.73 Å². The highest BCUT2D eigenvalue weighted by molar-refractivity contribution is 8.04. The molecule has 0 aliphatic carbocycles. The lowest BCUT2D eigenvalue weighted by Gasteiger charge is -2.40. The van der Waals surface area contributed by atoms with Gasteiger partial charge < -0.3 is 15.6 Å². The molecule has 3 aromatic carbocycles. The monoisotopic (exact) mass is 604 g/mol. The first-order chi connectivity index (χ1) is 20.0. The Kier molecular flexibility index (Phi) is 8.94. The van der Waals surface area contributed by atoms with Crippen LogP contribution in [-0.4, -0.2) is 21.7 Å². The van der Waals surface area contributed by atoms with Crippen LogP contribution in [0.4, 0.5) is 9.52 Å². The normalized spacial score (nSPS) is 17.5. The van der Waals surface area contributed by atoms with E-state index in [0.717, 1.165) is 39.1 Å². The SMILES string of the molecule is CC(C)c1cc2nc(N)sc2cc1SC1=C(O)CC(CCc2ccccc2CCc2ccc(F)cc2)(C(C)C)OC1=O. The lowest BCUT2D eigenvalue weighted by atomic mass is 9.79. The van der Waals surface area contributed by atoms with Crippen molar-refractivity contribution in [3.63, 3.8) is 0 Å². The van der Waals surface area contributed by atoms with Crippen LogP contribution in [0.15, 0.2) is 76.2 Å². The van der Waals surface area contributed by atoms with Crippen molar-refractivity contribution in [2.24, 2.45) is 5.92 Å². The molecule has 0 fully saturated rings. The van der Waals surface area contributed by atoms with Gasteiger partial charge in [0.2, 0.25) is 0 Å². The molecule has 0 radical (unpaired) electrons. The van der Waals surface area contributed by atoms with E-state index in [1.807, 2.05) is 50.2 Å². The number of aliphatic hydroxyl groups is 1. The summed E-state index contributed by atoms with van der Waals surface area (Å²) in [6, 6.07) is 19.0. The summed E-state index contributed by atoms with van der Waals surface area (Å²) in [4.78, 5) is 19.1. The molecule has 5 rings (SSSR count). The summed E-state index contributed by atoms with van der Waals surface area (Å²) in [6.45, 7) is 8.27. The fourth-order valence-electron chi connectivity index (χ4n) is 5.56. The molecule has 4 aromatic rings. The van der Waals surface area contributed by atoms with E-state index in [1.165, 1.54) is 46.4 Å². The summed E-state index contributed by atoms with van der Waals surface area (Å²) in [5, 5.41) is 11.8. The van der Waals surface area contributed by atoms with Crippen LogP contribution in [0.25, 0.3) is 10.2 Å². The van der Waals surface area contributed by atoms with Crippen LogP contribution in [0.2, 0.25) is 0 Å². The number of anilines is 1. The number of ether oxygens (including phenoxy) is 1. The van der Waals surface area contributed by atoms with Crippen LogP contribution in [0.3, 0.4) is 0 Å². The molecule has 0 saturated heterocycles. The molecule has 5 nitrogen and oxygen atoms in total. The Bertz CT molecular complexity index is 1630. The number of rotatable bonds is 10. The van der Waals surface area contributed by atoms with Gasteiger partial charge in [-0.2, -0.15) is 0 Å². The highest BCUT2D eigenvalue weighted by atomic mass is 32.2. The van der Waals surface area contributed by atoms with Crippen LogP contribution in [-0.2, 0) is 28.8 Å². The van der Waals surface area contributed by atoms with E-state index in [-0.39, 0.29) is 34.7 Å². The predicted molar refractivity (Wildman–Crippen MR) is 170 cm³/mol. The third kappa shape index (κ3) is 6.50. The smallest absolute Gasteiger partial charge is 0.349 e. The van der Waals surface area contributed by atoms with Gasteiger partial charge in [0.05, 0.1) is 10.2 Å². The molecular weight excluding hydrogens is 568 g/mol. The van der Waals surface area contributed by atoms with Crippen molar-refractivity contribution in [2.75, 3.05) is 5.73 Å². The minimum absolute atomic E-state index is 0.00395. The highest BCUT2D eigenvalue weighted by Crippen LogP contribution is 2.45. The summed E-state index contributed by atoms with van der Waals surface area (Å²) < 4.78 is 20.5. The zero-order valence-electron chi connectivity index (χ0n) is 24.4. The van der Waals surface area contributed by atoms with Gasteiger partial charge in [-0.3, -0.25) is 0 Å². The molecule has 0 spiro atoms. The largest absolute Gasteiger partial charge is 0.511 e. The van der Waals surface area contributed by atoms with Gasteiger partial charge in [0.1, 0.15) is 22.1 Å². The summed E-state index contributed by atoms with van der Waals surface area (Å²) in [5.41, 5.74) is 10.5. The number of halogens is 1. The van der Waals surface area contributed by atoms with Crippen molar-refractivity contribution >= 4 is 44.4 Å². The second-order valence-electron chi connectivity index (χ2n) is 11.6. The zero-order valence-corrected chi connectivity index (χ0v) is 26.1. The summed E-state index contributed by atoms with van der Waals surface area (Å²) in [7, 11) is 0. The topological polar surface area (TPSA) is 85.4 Å². The molecule has 0 amide bonds. The van der Waals surface area contributed by atoms with Crippen LogP contribution in [0.1, 0.15) is 68.7 Å². The molecule has 1 aliphatic rings. The van der Waals surface area contributed by atoms with Gasteiger partial charge in [-0.25, -0.2) is 14.2 Å². The van der Waals surface area contributed by atoms with E-state index in [2.05, 4.69) is 31.0 Å². The summed E-state index contributed by atoms with van der Waals surface area (Å²) in [6.07, 6.45) is 3.21. The maximum atomic E-state index is 13.5. The van der Waals surface area contributed by atoms with Gasteiger partial charge in [0, 0.05) is 11.3 Å². The van der Waals surface area contributed by atoms with Crippen molar-refractivity contribution in [3.05, 3.63) is 99.4 Å². The van der Waals surface area contributed by atoms with Crippen LogP contribution >= 0.6 is 23.1 Å². The summed E-state index contributed by atoms with van der Waals surface area (Å²) >= 11 is 2.67.